The normalized spacial score (nSPS) is 13.9. The van der Waals surface area contributed by atoms with E-state index in [-0.39, 0.29) is 5.91 Å². The number of quaternary nitrogens is 1. The van der Waals surface area contributed by atoms with Crippen LogP contribution in [-0.2, 0) is 24.8 Å². The fraction of sp³-hybridized carbons (Fsp3) is 0.833. The van der Waals surface area contributed by atoms with Gasteiger partial charge in [-0.05, 0) is 26.2 Å². The van der Waals surface area contributed by atoms with Crippen LogP contribution in [0.25, 0.3) is 4.13 Å². The number of nitrogens with zero attached hydrogens (tertiary/aromatic N) is 2. The number of rotatable bonds is 13. The first kappa shape index (κ1) is 38.5. The molecule has 1 amide bonds. The summed E-state index contributed by atoms with van der Waals surface area (Å²) in [6.45, 7) is 16.2. The molecule has 0 aromatic rings. The van der Waals surface area contributed by atoms with E-state index in [2.05, 4.69) is 32.7 Å². The van der Waals surface area contributed by atoms with Crippen LogP contribution in [0, 0.1) is 0 Å². The summed E-state index contributed by atoms with van der Waals surface area (Å²) >= 11 is 0. The average molecular weight is 622 g/mol. The molecule has 0 saturated carbocycles. The van der Waals surface area contributed by atoms with Crippen molar-refractivity contribution < 1.29 is 70.0 Å². The topological polar surface area (TPSA) is 111 Å². The molecule has 0 heterocycles. The summed E-state index contributed by atoms with van der Waals surface area (Å²) < 4.78 is 162. The molecule has 0 radical (unpaired) electrons. The fourth-order valence-electron chi connectivity index (χ4n) is 2.90. The van der Waals surface area contributed by atoms with Crippen molar-refractivity contribution in [1.82, 2.24) is 5.32 Å². The van der Waals surface area contributed by atoms with Crippen molar-refractivity contribution in [2.24, 2.45) is 0 Å². The number of nitrogens with one attached hydrogen (secondary N) is 1. The van der Waals surface area contributed by atoms with E-state index in [1.807, 2.05) is 0 Å². The van der Waals surface area contributed by atoms with E-state index in [4.69, 9.17) is 0 Å². The molecule has 0 aromatic heterocycles. The molecule has 1 N–H and O–H groups in total. The van der Waals surface area contributed by atoms with Crippen molar-refractivity contribution in [3.63, 3.8) is 0 Å². The second kappa shape index (κ2) is 13.6. The van der Waals surface area contributed by atoms with Gasteiger partial charge in [0.05, 0.1) is 19.6 Å². The number of halogens is 10. The Hall–Kier alpha value is -1.67. The predicted octanol–water partition coefficient (Wildman–Crippen LogP) is 5.01. The Labute approximate surface area is 214 Å². The van der Waals surface area contributed by atoms with Crippen molar-refractivity contribution in [2.45, 2.75) is 69.8 Å². The molecule has 20 heteroatoms. The van der Waals surface area contributed by atoms with Crippen molar-refractivity contribution in [2.75, 3.05) is 26.3 Å². The minimum atomic E-state index is -7.62. The first-order valence-corrected chi connectivity index (χ1v) is 13.5. The Balaban J connectivity index is 0. The van der Waals surface area contributed by atoms with E-state index in [0.29, 0.717) is 9.70 Å². The van der Waals surface area contributed by atoms with Crippen LogP contribution in [0.1, 0.15) is 47.0 Å². The van der Waals surface area contributed by atoms with Crippen molar-refractivity contribution in [3.8, 4) is 0 Å². The van der Waals surface area contributed by atoms with Crippen LogP contribution in [0.2, 0.25) is 0 Å². The van der Waals surface area contributed by atoms with Crippen LogP contribution in [-0.4, -0.2) is 76.4 Å². The van der Waals surface area contributed by atoms with Gasteiger partial charge in [-0.25, -0.2) is 16.8 Å². The molecule has 0 aliphatic carbocycles. The lowest BCUT2D eigenvalue weighted by Gasteiger charge is -2.38. The number of carbonyl (C=O) groups excluding carboxylic acids is 1. The Morgan fingerprint density at radius 1 is 0.737 bits per heavy atom. The standard InChI is InChI=1S/C14H28N2O.C4F10NO4S2/c1-6-9-16(10-7-2,11-8-3)12-15-14(17)13(4)5;5-1(6,7)3(11,12)20(16,17)15-21(18,19)4(13,14)2(8,9)10/h4,6-12H2,1-3,5H3;/q;-1/p+1. The molecule has 0 aliphatic heterocycles. The molecule has 0 rings (SSSR count). The second-order valence-electron chi connectivity index (χ2n) is 8.01. The third kappa shape index (κ3) is 9.82. The van der Waals surface area contributed by atoms with Crippen molar-refractivity contribution >= 4 is 26.0 Å². The molecule has 228 valence electrons. The highest BCUT2D eigenvalue weighted by molar-refractivity contribution is 8.13. The highest BCUT2D eigenvalue weighted by Gasteiger charge is 2.68. The maximum Gasteiger partial charge on any atom is 0.467 e. The van der Waals surface area contributed by atoms with Crippen LogP contribution in [0.5, 0.6) is 0 Å². The zero-order valence-corrected chi connectivity index (χ0v) is 22.3. The van der Waals surface area contributed by atoms with Gasteiger partial charge < -0.3 is 13.9 Å². The Kier molecular flexibility index (Phi) is 13.8. The largest absolute Gasteiger partial charge is 0.467 e. The number of hydrogen-bond donors (Lipinski definition) is 1. The quantitative estimate of drug-likeness (QED) is 0.135. The third-order valence-corrected chi connectivity index (χ3v) is 7.89. The smallest absolute Gasteiger partial charge is 0.425 e. The molecule has 0 unspecified atom stereocenters. The molecule has 0 atom stereocenters. The first-order valence-electron chi connectivity index (χ1n) is 10.6. The number of alkyl halides is 10. The summed E-state index contributed by atoms with van der Waals surface area (Å²) in [6, 6.07) is 0. The molecule has 0 spiro atoms. The summed E-state index contributed by atoms with van der Waals surface area (Å²) in [7, 11) is -15.2. The summed E-state index contributed by atoms with van der Waals surface area (Å²) in [5, 5.41) is -11.0. The van der Waals surface area contributed by atoms with Gasteiger partial charge in [0.1, 0.15) is 0 Å². The van der Waals surface area contributed by atoms with E-state index in [0.717, 1.165) is 50.0 Å². The molecule has 0 saturated heterocycles. The number of sulfonamides is 2. The van der Waals surface area contributed by atoms with Crippen molar-refractivity contribution in [3.05, 3.63) is 16.3 Å². The predicted molar refractivity (Wildman–Crippen MR) is 117 cm³/mol. The zero-order chi connectivity index (χ0) is 31.0. The van der Waals surface area contributed by atoms with E-state index in [1.165, 1.54) is 0 Å². The Morgan fingerprint density at radius 3 is 1.24 bits per heavy atom. The molecule has 0 bridgehead atoms. The fourth-order valence-corrected chi connectivity index (χ4v) is 5.27. The van der Waals surface area contributed by atoms with Gasteiger partial charge in [-0.1, -0.05) is 27.4 Å². The van der Waals surface area contributed by atoms with Crippen molar-refractivity contribution in [1.29, 1.82) is 0 Å². The van der Waals surface area contributed by atoms with Crippen LogP contribution in [0.3, 0.4) is 0 Å². The molecule has 8 nitrogen and oxygen atoms in total. The number of hydrogen-bond acceptors (Lipinski definition) is 5. The monoisotopic (exact) mass is 621 g/mol. The number of carbonyl (C=O) groups is 1. The van der Waals surface area contributed by atoms with Gasteiger partial charge in [0.15, 0.2) is 26.7 Å². The van der Waals surface area contributed by atoms with E-state index < -0.39 is 42.9 Å². The second-order valence-corrected chi connectivity index (χ2v) is 11.5. The summed E-state index contributed by atoms with van der Waals surface area (Å²) in [5.74, 6) is -0.0178. The van der Waals surface area contributed by atoms with Gasteiger partial charge in [0.25, 0.3) is 5.91 Å². The maximum absolute atomic E-state index is 12.3. The lowest BCUT2D eigenvalue weighted by molar-refractivity contribution is -0.930. The van der Waals surface area contributed by atoms with Gasteiger partial charge in [-0.3, -0.25) is 4.79 Å². The maximum atomic E-state index is 12.3. The highest BCUT2D eigenvalue weighted by Crippen LogP contribution is 2.47. The molecule has 0 fully saturated rings. The molecular weight excluding hydrogens is 592 g/mol. The van der Waals surface area contributed by atoms with Gasteiger partial charge >= 0.3 is 22.9 Å². The summed E-state index contributed by atoms with van der Waals surface area (Å²) in [6.07, 6.45) is -10.5. The van der Waals surface area contributed by atoms with Gasteiger partial charge in [-0.15, -0.1) is 0 Å². The van der Waals surface area contributed by atoms with E-state index in [9.17, 15) is 65.5 Å². The van der Waals surface area contributed by atoms with Gasteiger partial charge in [0, 0.05) is 5.57 Å². The average Bonchev–Trinajstić information content (AvgIpc) is 2.70. The minimum Gasteiger partial charge on any atom is -0.425 e. The Bertz CT molecular complexity index is 940. The summed E-state index contributed by atoms with van der Waals surface area (Å²) in [4.78, 5) is 11.6. The minimum absolute atomic E-state index is 0.0178. The van der Waals surface area contributed by atoms with Crippen LogP contribution < -0.4 is 5.32 Å². The lowest BCUT2D eigenvalue weighted by atomic mass is 10.2. The number of amides is 1. The van der Waals surface area contributed by atoms with E-state index in [1.54, 1.807) is 6.92 Å². The molecule has 0 aromatic carbocycles. The molecule has 38 heavy (non-hydrogen) atoms. The van der Waals surface area contributed by atoms with Crippen LogP contribution in [0.4, 0.5) is 43.9 Å². The lowest BCUT2D eigenvalue weighted by Crippen LogP contribution is -2.55. The van der Waals surface area contributed by atoms with Gasteiger partial charge in [-0.2, -0.15) is 43.9 Å². The zero-order valence-electron chi connectivity index (χ0n) is 20.7. The Morgan fingerprint density at radius 2 is 1.03 bits per heavy atom. The molecular formula is C18H29F10N3O5S2. The SMILES string of the molecule is C=C(C)C(=O)NC[N+](CCC)(CCC)CCC.O=S(=O)([N-]S(=O)(=O)C(F)(F)C(F)(F)F)C(F)(F)C(F)(F)F. The first-order chi connectivity index (χ1) is 16.7. The molecule has 0 aliphatic rings. The van der Waals surface area contributed by atoms with Crippen LogP contribution >= 0.6 is 0 Å². The summed E-state index contributed by atoms with van der Waals surface area (Å²) in [5.41, 5.74) is 0.590. The van der Waals surface area contributed by atoms with Crippen LogP contribution in [0.15, 0.2) is 12.2 Å². The van der Waals surface area contributed by atoms with Gasteiger partial charge in [0.2, 0.25) is 0 Å². The third-order valence-electron chi connectivity index (χ3n) is 4.56. The highest BCUT2D eigenvalue weighted by atomic mass is 32.3. The van der Waals surface area contributed by atoms with E-state index >= 15 is 0 Å².